The first kappa shape index (κ1) is 12.8. The number of thiazole rings is 1. The van der Waals surface area contributed by atoms with E-state index in [0.29, 0.717) is 18.1 Å². The number of anilines is 1. The number of carbonyl (C=O) groups is 1. The van der Waals surface area contributed by atoms with Crippen LogP contribution in [0.25, 0.3) is 4.96 Å². The van der Waals surface area contributed by atoms with Gasteiger partial charge < -0.3 is 4.90 Å². The number of pyridine rings is 1. The monoisotopic (exact) mass is 286 g/mol. The lowest BCUT2D eigenvalue weighted by Crippen LogP contribution is -2.19. The van der Waals surface area contributed by atoms with Gasteiger partial charge in [-0.1, -0.05) is 6.07 Å². The Morgan fingerprint density at radius 1 is 1.40 bits per heavy atom. The topological polar surface area (TPSA) is 50.5 Å². The van der Waals surface area contributed by atoms with Crippen LogP contribution in [0.15, 0.2) is 29.8 Å². The van der Waals surface area contributed by atoms with Gasteiger partial charge in [-0.25, -0.2) is 4.98 Å². The van der Waals surface area contributed by atoms with Gasteiger partial charge in [0, 0.05) is 24.3 Å². The van der Waals surface area contributed by atoms with Crippen LogP contribution in [0.4, 0.5) is 5.82 Å². The standard InChI is InChI=1S/C14H14N4OS/c1-10-4-3-5-11(15-10)8-17(2)13-12(9-19)18-6-7-20-14(18)16-13/h3-7,9H,8H2,1-2H3. The second-order valence-corrected chi connectivity index (χ2v) is 5.49. The fourth-order valence-corrected chi connectivity index (χ4v) is 2.90. The van der Waals surface area contributed by atoms with Crippen molar-refractivity contribution in [1.82, 2.24) is 14.4 Å². The Hall–Kier alpha value is -2.21. The van der Waals surface area contributed by atoms with E-state index in [-0.39, 0.29) is 0 Å². The summed E-state index contributed by atoms with van der Waals surface area (Å²) in [4.78, 5) is 23.1. The number of hydrogen-bond donors (Lipinski definition) is 0. The molecule has 20 heavy (non-hydrogen) atoms. The van der Waals surface area contributed by atoms with Gasteiger partial charge >= 0.3 is 0 Å². The van der Waals surface area contributed by atoms with E-state index >= 15 is 0 Å². The smallest absolute Gasteiger partial charge is 0.196 e. The maximum Gasteiger partial charge on any atom is 0.196 e. The van der Waals surface area contributed by atoms with Crippen molar-refractivity contribution in [2.75, 3.05) is 11.9 Å². The molecule has 0 radical (unpaired) electrons. The fourth-order valence-electron chi connectivity index (χ4n) is 2.19. The molecule has 3 rings (SSSR count). The Labute approximate surface area is 120 Å². The highest BCUT2D eigenvalue weighted by Crippen LogP contribution is 2.23. The highest BCUT2D eigenvalue weighted by Gasteiger charge is 2.16. The fraction of sp³-hybridized carbons (Fsp3) is 0.214. The molecule has 0 bridgehead atoms. The summed E-state index contributed by atoms with van der Waals surface area (Å²) in [5.41, 5.74) is 2.52. The number of carbonyl (C=O) groups excluding carboxylic acids is 1. The predicted octanol–water partition coefficient (Wildman–Crippen LogP) is 2.55. The third kappa shape index (κ3) is 2.18. The highest BCUT2D eigenvalue weighted by molar-refractivity contribution is 7.15. The first-order valence-corrected chi connectivity index (χ1v) is 7.11. The molecule has 0 fully saturated rings. The van der Waals surface area contributed by atoms with Crippen LogP contribution >= 0.6 is 11.3 Å². The molecule has 0 spiro atoms. The maximum atomic E-state index is 11.3. The summed E-state index contributed by atoms with van der Waals surface area (Å²) in [5.74, 6) is 0.690. The number of imidazole rings is 1. The van der Waals surface area contributed by atoms with Gasteiger partial charge in [0.25, 0.3) is 0 Å². The zero-order chi connectivity index (χ0) is 14.1. The molecule has 6 heteroatoms. The van der Waals surface area contributed by atoms with Gasteiger partial charge in [-0.3, -0.25) is 14.2 Å². The van der Waals surface area contributed by atoms with Crippen LogP contribution in [0.3, 0.4) is 0 Å². The Morgan fingerprint density at radius 2 is 2.25 bits per heavy atom. The number of aromatic nitrogens is 3. The van der Waals surface area contributed by atoms with E-state index in [9.17, 15) is 4.79 Å². The molecular weight excluding hydrogens is 272 g/mol. The molecule has 0 aliphatic rings. The number of rotatable bonds is 4. The molecule has 0 unspecified atom stereocenters. The molecule has 0 aliphatic heterocycles. The molecule has 102 valence electrons. The van der Waals surface area contributed by atoms with Gasteiger partial charge in [-0.05, 0) is 19.1 Å². The van der Waals surface area contributed by atoms with Crippen molar-refractivity contribution < 1.29 is 4.79 Å². The van der Waals surface area contributed by atoms with E-state index in [1.54, 1.807) is 0 Å². The van der Waals surface area contributed by atoms with Crippen molar-refractivity contribution in [3.05, 3.63) is 46.9 Å². The normalized spacial score (nSPS) is 10.9. The summed E-state index contributed by atoms with van der Waals surface area (Å²) in [6.07, 6.45) is 2.71. The van der Waals surface area contributed by atoms with Crippen molar-refractivity contribution >= 4 is 28.4 Å². The molecule has 3 heterocycles. The zero-order valence-electron chi connectivity index (χ0n) is 11.3. The minimum absolute atomic E-state index is 0.580. The SMILES string of the molecule is Cc1cccc(CN(C)c2nc3sccn3c2C=O)n1. The molecule has 0 saturated heterocycles. The van der Waals surface area contributed by atoms with E-state index in [2.05, 4.69) is 9.97 Å². The lowest BCUT2D eigenvalue weighted by Gasteiger charge is -2.16. The van der Waals surface area contributed by atoms with Crippen molar-refractivity contribution in [2.24, 2.45) is 0 Å². The Balaban J connectivity index is 1.94. The van der Waals surface area contributed by atoms with Crippen LogP contribution in [-0.4, -0.2) is 27.7 Å². The zero-order valence-corrected chi connectivity index (χ0v) is 12.1. The average Bonchev–Trinajstić information content (AvgIpc) is 2.98. The molecule has 0 amide bonds. The summed E-state index contributed by atoms with van der Waals surface area (Å²) in [7, 11) is 1.92. The summed E-state index contributed by atoms with van der Waals surface area (Å²) >= 11 is 1.51. The third-order valence-electron chi connectivity index (χ3n) is 3.10. The number of fused-ring (bicyclic) bond motifs is 1. The summed E-state index contributed by atoms with van der Waals surface area (Å²) < 4.78 is 1.81. The van der Waals surface area contributed by atoms with Crippen LogP contribution in [0.5, 0.6) is 0 Å². The van der Waals surface area contributed by atoms with Crippen molar-refractivity contribution in [1.29, 1.82) is 0 Å². The van der Waals surface area contributed by atoms with E-state index in [4.69, 9.17) is 0 Å². The summed E-state index contributed by atoms with van der Waals surface area (Å²) in [6.45, 7) is 2.58. The minimum atomic E-state index is 0.580. The Morgan fingerprint density at radius 3 is 3.00 bits per heavy atom. The van der Waals surface area contributed by atoms with E-state index in [1.165, 1.54) is 11.3 Å². The Bertz CT molecular complexity index is 761. The second-order valence-electron chi connectivity index (χ2n) is 4.62. The molecule has 5 nitrogen and oxygen atoms in total. The van der Waals surface area contributed by atoms with Crippen molar-refractivity contribution in [2.45, 2.75) is 13.5 Å². The van der Waals surface area contributed by atoms with E-state index in [1.807, 2.05) is 53.0 Å². The van der Waals surface area contributed by atoms with Crippen LogP contribution in [-0.2, 0) is 6.54 Å². The molecule has 0 atom stereocenters. The Kier molecular flexibility index (Phi) is 3.23. The largest absolute Gasteiger partial charge is 0.352 e. The molecule has 0 N–H and O–H groups in total. The van der Waals surface area contributed by atoms with E-state index < -0.39 is 0 Å². The molecule has 0 aromatic carbocycles. The van der Waals surface area contributed by atoms with Gasteiger partial charge in [0.05, 0.1) is 12.2 Å². The van der Waals surface area contributed by atoms with E-state index in [0.717, 1.165) is 22.6 Å². The third-order valence-corrected chi connectivity index (χ3v) is 3.85. The average molecular weight is 286 g/mol. The quantitative estimate of drug-likeness (QED) is 0.692. The lowest BCUT2D eigenvalue weighted by atomic mass is 10.3. The van der Waals surface area contributed by atoms with Gasteiger partial charge in [0.2, 0.25) is 0 Å². The second kappa shape index (κ2) is 5.05. The predicted molar refractivity (Wildman–Crippen MR) is 79.5 cm³/mol. The lowest BCUT2D eigenvalue weighted by molar-refractivity contribution is 0.111. The van der Waals surface area contributed by atoms with Crippen LogP contribution < -0.4 is 4.90 Å². The van der Waals surface area contributed by atoms with Crippen LogP contribution in [0.2, 0.25) is 0 Å². The van der Waals surface area contributed by atoms with Gasteiger partial charge in [-0.2, -0.15) is 0 Å². The summed E-state index contributed by atoms with van der Waals surface area (Å²) in [5, 5.41) is 1.92. The van der Waals surface area contributed by atoms with Crippen molar-refractivity contribution in [3.63, 3.8) is 0 Å². The van der Waals surface area contributed by atoms with Crippen molar-refractivity contribution in [3.8, 4) is 0 Å². The minimum Gasteiger partial charge on any atom is -0.352 e. The van der Waals surface area contributed by atoms with Gasteiger partial charge in [0.15, 0.2) is 17.1 Å². The molecule has 0 saturated carbocycles. The van der Waals surface area contributed by atoms with Crippen LogP contribution in [0.1, 0.15) is 21.9 Å². The van der Waals surface area contributed by atoms with Gasteiger partial charge in [-0.15, -0.1) is 11.3 Å². The number of hydrogen-bond acceptors (Lipinski definition) is 5. The van der Waals surface area contributed by atoms with Crippen LogP contribution in [0, 0.1) is 6.92 Å². The van der Waals surface area contributed by atoms with Gasteiger partial charge in [0.1, 0.15) is 5.69 Å². The molecule has 3 aromatic heterocycles. The molecule has 3 aromatic rings. The first-order valence-electron chi connectivity index (χ1n) is 6.23. The number of aryl methyl sites for hydroxylation is 1. The molecule has 0 aliphatic carbocycles. The highest BCUT2D eigenvalue weighted by atomic mass is 32.1. The maximum absolute atomic E-state index is 11.3. The molecular formula is C14H14N4OS. The summed E-state index contributed by atoms with van der Waals surface area (Å²) in [6, 6.07) is 5.92. The first-order chi connectivity index (χ1) is 9.69. The number of nitrogens with zero attached hydrogens (tertiary/aromatic N) is 4. The number of aldehydes is 1.